The summed E-state index contributed by atoms with van der Waals surface area (Å²) < 4.78 is 3.41. The molecule has 0 radical (unpaired) electrons. The molecule has 0 unspecified atom stereocenters. The van der Waals surface area contributed by atoms with Gasteiger partial charge < -0.3 is 9.88 Å². The summed E-state index contributed by atoms with van der Waals surface area (Å²) in [5.41, 5.74) is 2.59. The number of nitrogens with one attached hydrogen (secondary N) is 1. The van der Waals surface area contributed by atoms with Crippen LogP contribution in [0.4, 0.5) is 0 Å². The topological polar surface area (TPSA) is 29.9 Å². The number of benzene rings is 1. The van der Waals surface area contributed by atoms with Gasteiger partial charge in [0.15, 0.2) is 0 Å². The van der Waals surface area contributed by atoms with Crippen molar-refractivity contribution in [1.82, 2.24) is 14.9 Å². The number of hydrogen-bond acceptors (Lipinski definition) is 2. The zero-order valence-electron chi connectivity index (χ0n) is 12.2. The van der Waals surface area contributed by atoms with Gasteiger partial charge in [-0.25, -0.2) is 4.98 Å². The number of halogens is 1. The molecule has 20 heavy (non-hydrogen) atoms. The van der Waals surface area contributed by atoms with Crippen LogP contribution in [-0.2, 0) is 12.5 Å². The lowest BCUT2D eigenvalue weighted by atomic mass is 9.74. The fourth-order valence-corrected chi connectivity index (χ4v) is 3.97. The highest BCUT2D eigenvalue weighted by Gasteiger charge is 2.37. The van der Waals surface area contributed by atoms with Crippen LogP contribution in [0.1, 0.15) is 38.4 Å². The number of fused-ring (bicyclic) bond motifs is 1. The lowest BCUT2D eigenvalue weighted by molar-refractivity contribution is 0.266. The maximum absolute atomic E-state index is 4.99. The lowest BCUT2D eigenvalue weighted by Crippen LogP contribution is -2.41. The van der Waals surface area contributed by atoms with Crippen LogP contribution in [-0.4, -0.2) is 22.6 Å². The van der Waals surface area contributed by atoms with E-state index in [1.165, 1.54) is 37.0 Å². The van der Waals surface area contributed by atoms with Crippen molar-refractivity contribution in [3.05, 3.63) is 28.5 Å². The van der Waals surface area contributed by atoms with E-state index in [9.17, 15) is 0 Å². The minimum Gasteiger partial charge on any atom is -0.331 e. The molecule has 0 saturated carbocycles. The summed E-state index contributed by atoms with van der Waals surface area (Å²) in [5.74, 6) is 1.27. The molecule has 0 bridgehead atoms. The Morgan fingerprint density at radius 3 is 2.80 bits per heavy atom. The molecular formula is C16H22BrN3. The van der Waals surface area contributed by atoms with E-state index in [1.54, 1.807) is 0 Å². The van der Waals surface area contributed by atoms with Gasteiger partial charge in [0.05, 0.1) is 11.0 Å². The Hall–Kier alpha value is -0.870. The second-order valence-electron chi connectivity index (χ2n) is 5.91. The molecule has 3 rings (SSSR count). The first-order chi connectivity index (χ1) is 9.66. The third-order valence-corrected chi connectivity index (χ3v) is 5.10. The quantitative estimate of drug-likeness (QED) is 0.925. The minimum absolute atomic E-state index is 0.250. The average molecular weight is 336 g/mol. The van der Waals surface area contributed by atoms with Crippen molar-refractivity contribution in [3.63, 3.8) is 0 Å². The van der Waals surface area contributed by atoms with Gasteiger partial charge in [0.25, 0.3) is 0 Å². The van der Waals surface area contributed by atoms with Crippen molar-refractivity contribution < 1.29 is 0 Å². The predicted octanol–water partition coefficient (Wildman–Crippen LogP) is 3.76. The number of aryl methyl sites for hydroxylation is 1. The molecule has 3 nitrogen and oxygen atoms in total. The van der Waals surface area contributed by atoms with Crippen LogP contribution in [0.25, 0.3) is 11.0 Å². The summed E-state index contributed by atoms with van der Waals surface area (Å²) in [5, 5.41) is 3.49. The summed E-state index contributed by atoms with van der Waals surface area (Å²) >= 11 is 3.55. The van der Waals surface area contributed by atoms with Gasteiger partial charge in [0.2, 0.25) is 0 Å². The molecule has 1 fully saturated rings. The minimum atomic E-state index is 0.250. The first-order valence-corrected chi connectivity index (χ1v) is 8.29. The molecule has 2 aromatic rings. The van der Waals surface area contributed by atoms with Crippen LogP contribution in [0.2, 0.25) is 0 Å². The lowest BCUT2D eigenvalue weighted by Gasteiger charge is -2.37. The number of piperidine rings is 1. The molecule has 0 amide bonds. The molecule has 2 heterocycles. The number of aromatic nitrogens is 2. The normalized spacial score (nSPS) is 18.6. The molecule has 1 aliphatic rings. The molecule has 4 heteroatoms. The van der Waals surface area contributed by atoms with Crippen LogP contribution in [0, 0.1) is 0 Å². The van der Waals surface area contributed by atoms with Crippen molar-refractivity contribution in [1.29, 1.82) is 0 Å². The van der Waals surface area contributed by atoms with E-state index in [1.807, 2.05) is 0 Å². The molecule has 1 aliphatic heterocycles. The molecular weight excluding hydrogens is 314 g/mol. The van der Waals surface area contributed by atoms with Gasteiger partial charge in [-0.1, -0.05) is 29.3 Å². The van der Waals surface area contributed by atoms with Crippen LogP contribution in [0.3, 0.4) is 0 Å². The van der Waals surface area contributed by atoms with Crippen molar-refractivity contribution >= 4 is 27.0 Å². The van der Waals surface area contributed by atoms with Crippen LogP contribution >= 0.6 is 15.9 Å². The number of nitrogens with zero attached hydrogens (tertiary/aromatic N) is 2. The van der Waals surface area contributed by atoms with Gasteiger partial charge in [-0.05, 0) is 50.6 Å². The van der Waals surface area contributed by atoms with E-state index >= 15 is 0 Å². The maximum Gasteiger partial charge on any atom is 0.115 e. The highest BCUT2D eigenvalue weighted by Crippen LogP contribution is 2.38. The summed E-state index contributed by atoms with van der Waals surface area (Å²) in [6.45, 7) is 4.49. The first kappa shape index (κ1) is 14.1. The van der Waals surface area contributed by atoms with Gasteiger partial charge in [0, 0.05) is 16.9 Å². The Bertz CT molecular complexity index is 606. The first-order valence-electron chi connectivity index (χ1n) is 7.49. The standard InChI is InChI=1S/C16H22BrN3/c1-3-6-16(7-9-18-10-8-16)15-19-13-11-12(17)4-5-14(13)20(15)2/h4-5,11,18H,3,6-10H2,1-2H3. The second kappa shape index (κ2) is 5.49. The van der Waals surface area contributed by atoms with E-state index in [-0.39, 0.29) is 5.41 Å². The summed E-state index contributed by atoms with van der Waals surface area (Å²) in [7, 11) is 2.16. The summed E-state index contributed by atoms with van der Waals surface area (Å²) in [6.07, 6.45) is 4.83. The number of rotatable bonds is 3. The SMILES string of the molecule is CCCC1(c2nc3cc(Br)ccc3n2C)CCNCC1. The molecule has 1 N–H and O–H groups in total. The van der Waals surface area contributed by atoms with E-state index in [4.69, 9.17) is 4.98 Å². The predicted molar refractivity (Wildman–Crippen MR) is 87.1 cm³/mol. The fraction of sp³-hybridized carbons (Fsp3) is 0.562. The average Bonchev–Trinajstić information content (AvgIpc) is 2.77. The Kier molecular flexibility index (Phi) is 3.87. The Labute approximate surface area is 128 Å². The fourth-order valence-electron chi connectivity index (χ4n) is 3.62. The number of imidazole rings is 1. The van der Waals surface area contributed by atoms with Gasteiger partial charge in [-0.2, -0.15) is 0 Å². The van der Waals surface area contributed by atoms with Crippen molar-refractivity contribution in [2.75, 3.05) is 13.1 Å². The highest BCUT2D eigenvalue weighted by atomic mass is 79.9. The van der Waals surface area contributed by atoms with Crippen molar-refractivity contribution in [2.45, 2.75) is 38.0 Å². The molecule has 108 valence electrons. The molecule has 1 aromatic heterocycles. The van der Waals surface area contributed by atoms with Gasteiger partial charge in [-0.3, -0.25) is 0 Å². The molecule has 0 aliphatic carbocycles. The summed E-state index contributed by atoms with van der Waals surface area (Å²) in [4.78, 5) is 4.99. The van der Waals surface area contributed by atoms with E-state index in [2.05, 4.69) is 58.0 Å². The smallest absolute Gasteiger partial charge is 0.115 e. The van der Waals surface area contributed by atoms with Gasteiger partial charge >= 0.3 is 0 Å². The third-order valence-electron chi connectivity index (χ3n) is 4.61. The van der Waals surface area contributed by atoms with Gasteiger partial charge in [-0.15, -0.1) is 0 Å². The van der Waals surface area contributed by atoms with Crippen molar-refractivity contribution in [2.24, 2.45) is 7.05 Å². The monoisotopic (exact) mass is 335 g/mol. The Balaban J connectivity index is 2.13. The molecule has 0 atom stereocenters. The van der Waals surface area contributed by atoms with Crippen molar-refractivity contribution in [3.8, 4) is 0 Å². The molecule has 0 spiro atoms. The number of hydrogen-bond donors (Lipinski definition) is 1. The second-order valence-corrected chi connectivity index (χ2v) is 6.82. The van der Waals surface area contributed by atoms with E-state index in [0.717, 1.165) is 23.1 Å². The summed E-state index contributed by atoms with van der Waals surface area (Å²) in [6, 6.07) is 6.39. The zero-order valence-corrected chi connectivity index (χ0v) is 13.8. The third kappa shape index (κ3) is 2.29. The van der Waals surface area contributed by atoms with Gasteiger partial charge in [0.1, 0.15) is 5.82 Å². The highest BCUT2D eigenvalue weighted by molar-refractivity contribution is 9.10. The van der Waals surface area contributed by atoms with Crippen LogP contribution < -0.4 is 5.32 Å². The molecule has 1 saturated heterocycles. The maximum atomic E-state index is 4.99. The van der Waals surface area contributed by atoms with E-state index < -0.39 is 0 Å². The van der Waals surface area contributed by atoms with Crippen LogP contribution in [0.15, 0.2) is 22.7 Å². The largest absolute Gasteiger partial charge is 0.331 e. The van der Waals surface area contributed by atoms with Crippen LogP contribution in [0.5, 0.6) is 0 Å². The zero-order chi connectivity index (χ0) is 14.2. The Morgan fingerprint density at radius 1 is 1.35 bits per heavy atom. The molecule has 1 aromatic carbocycles. The Morgan fingerprint density at radius 2 is 2.10 bits per heavy atom. The van der Waals surface area contributed by atoms with E-state index in [0.29, 0.717) is 0 Å².